The number of Topliss-reactive ketones (excluding diaryl/α,β-unsaturated/α-hetero) is 2. The summed E-state index contributed by atoms with van der Waals surface area (Å²) >= 11 is 0. The normalized spacial score (nSPS) is 10.9. The van der Waals surface area contributed by atoms with Crippen molar-refractivity contribution in [3.05, 3.63) is 70.8 Å². The molecule has 0 aromatic heterocycles. The van der Waals surface area contributed by atoms with Crippen LogP contribution >= 0.6 is 0 Å². The molecule has 168 valence electrons. The van der Waals surface area contributed by atoms with Crippen LogP contribution in [0.1, 0.15) is 116 Å². The van der Waals surface area contributed by atoms with Gasteiger partial charge in [-0.05, 0) is 36.8 Å². The fourth-order valence-electron chi connectivity index (χ4n) is 3.93. The number of unbranched alkanes of at least 4 members (excludes halogenated alkanes) is 8. The van der Waals surface area contributed by atoms with Crippen LogP contribution in [0, 0.1) is 0 Å². The van der Waals surface area contributed by atoms with Gasteiger partial charge in [0.25, 0.3) is 0 Å². The Balaban J connectivity index is 1.77. The van der Waals surface area contributed by atoms with Crippen molar-refractivity contribution < 1.29 is 9.59 Å². The predicted molar refractivity (Wildman–Crippen MR) is 131 cm³/mol. The summed E-state index contributed by atoms with van der Waals surface area (Å²) in [5.74, 6) is -0.195. The Hall–Kier alpha value is -2.22. The van der Waals surface area contributed by atoms with E-state index in [-0.39, 0.29) is 18.0 Å². The van der Waals surface area contributed by atoms with E-state index in [9.17, 15) is 9.59 Å². The molecule has 2 rings (SSSR count). The highest BCUT2D eigenvalue weighted by molar-refractivity contribution is 6.13. The molecule has 2 aromatic rings. The van der Waals surface area contributed by atoms with Crippen molar-refractivity contribution in [2.45, 2.75) is 97.3 Å². The van der Waals surface area contributed by atoms with Crippen molar-refractivity contribution in [2.24, 2.45) is 0 Å². The van der Waals surface area contributed by atoms with Crippen molar-refractivity contribution >= 4 is 11.6 Å². The lowest BCUT2D eigenvalue weighted by Crippen LogP contribution is -2.08. The molecule has 2 aromatic carbocycles. The fourth-order valence-corrected chi connectivity index (χ4v) is 3.93. The Labute approximate surface area is 189 Å². The van der Waals surface area contributed by atoms with Crippen LogP contribution in [0.5, 0.6) is 0 Å². The molecule has 0 atom stereocenters. The first-order chi connectivity index (χ1) is 15.1. The van der Waals surface area contributed by atoms with Crippen molar-refractivity contribution in [2.75, 3.05) is 0 Å². The Morgan fingerprint density at radius 3 is 1.23 bits per heavy atom. The molecule has 0 aliphatic heterocycles. The van der Waals surface area contributed by atoms with Crippen molar-refractivity contribution in [3.63, 3.8) is 0 Å². The third kappa shape index (κ3) is 9.63. The molecule has 0 saturated heterocycles. The maximum Gasteiger partial charge on any atom is 0.170 e. The van der Waals surface area contributed by atoms with Gasteiger partial charge in [0.05, 0.1) is 6.42 Å². The number of aryl methyl sites for hydroxylation is 2. The van der Waals surface area contributed by atoms with E-state index in [4.69, 9.17) is 0 Å². The number of carbonyl (C=O) groups excluding carboxylic acids is 2. The summed E-state index contributed by atoms with van der Waals surface area (Å²) in [6, 6.07) is 15.6. The van der Waals surface area contributed by atoms with Gasteiger partial charge in [0, 0.05) is 11.1 Å². The number of benzene rings is 2. The van der Waals surface area contributed by atoms with Crippen LogP contribution in [0.2, 0.25) is 0 Å². The quantitative estimate of drug-likeness (QED) is 0.156. The van der Waals surface area contributed by atoms with Gasteiger partial charge in [-0.2, -0.15) is 0 Å². The summed E-state index contributed by atoms with van der Waals surface area (Å²) < 4.78 is 0. The molecule has 2 heteroatoms. The lowest BCUT2D eigenvalue weighted by molar-refractivity contribution is 0.0894. The molecule has 0 saturated carbocycles. The second kappa shape index (κ2) is 14.7. The molecular formula is C29H40O2. The van der Waals surface area contributed by atoms with Gasteiger partial charge in [0.2, 0.25) is 0 Å². The van der Waals surface area contributed by atoms with Crippen molar-refractivity contribution in [1.82, 2.24) is 0 Å². The molecule has 0 bridgehead atoms. The van der Waals surface area contributed by atoms with Crippen LogP contribution in [-0.2, 0) is 12.8 Å². The molecule has 0 spiro atoms. The van der Waals surface area contributed by atoms with Gasteiger partial charge in [-0.15, -0.1) is 0 Å². The maximum atomic E-state index is 12.5. The minimum atomic E-state index is -0.0977. The second-order valence-corrected chi connectivity index (χ2v) is 8.75. The highest BCUT2D eigenvalue weighted by Gasteiger charge is 2.14. The summed E-state index contributed by atoms with van der Waals surface area (Å²) in [4.78, 5) is 25.1. The van der Waals surface area contributed by atoms with Gasteiger partial charge < -0.3 is 0 Å². The van der Waals surface area contributed by atoms with E-state index < -0.39 is 0 Å². The van der Waals surface area contributed by atoms with Crippen LogP contribution in [-0.4, -0.2) is 11.6 Å². The van der Waals surface area contributed by atoms with Crippen LogP contribution in [0.3, 0.4) is 0 Å². The third-order valence-corrected chi connectivity index (χ3v) is 6.01. The van der Waals surface area contributed by atoms with E-state index in [0.717, 1.165) is 12.8 Å². The second-order valence-electron chi connectivity index (χ2n) is 8.75. The van der Waals surface area contributed by atoms with E-state index in [1.807, 2.05) is 48.5 Å². The number of carbonyl (C=O) groups is 2. The number of hydrogen-bond acceptors (Lipinski definition) is 2. The summed E-state index contributed by atoms with van der Waals surface area (Å²) in [7, 11) is 0. The van der Waals surface area contributed by atoms with Crippen LogP contribution in [0.4, 0.5) is 0 Å². The zero-order valence-electron chi connectivity index (χ0n) is 19.6. The molecule has 0 amide bonds. The molecule has 0 N–H and O–H groups in total. The standard InChI is InChI=1S/C29H40O2/c1-3-5-7-9-11-13-24-15-19-26(20-16-24)28(30)23-29(31)27-21-17-25(18-22-27)14-12-10-8-6-4-2/h15-22H,3-14,23H2,1-2H3. The van der Waals surface area contributed by atoms with Gasteiger partial charge in [-0.3, -0.25) is 9.59 Å². The largest absolute Gasteiger partial charge is 0.294 e. The molecule has 2 nitrogen and oxygen atoms in total. The first kappa shape index (κ1) is 25.0. The van der Waals surface area contributed by atoms with Gasteiger partial charge in [0.15, 0.2) is 11.6 Å². The lowest BCUT2D eigenvalue weighted by Gasteiger charge is -2.06. The SMILES string of the molecule is CCCCCCCc1ccc(C(=O)CC(=O)c2ccc(CCCCCCC)cc2)cc1. The minimum absolute atomic E-state index is 0.0628. The highest BCUT2D eigenvalue weighted by Crippen LogP contribution is 2.15. The molecule has 0 aliphatic rings. The molecule has 0 aliphatic carbocycles. The minimum Gasteiger partial charge on any atom is -0.294 e. The molecule has 0 fully saturated rings. The van der Waals surface area contributed by atoms with E-state index in [1.54, 1.807) is 0 Å². The summed E-state index contributed by atoms with van der Waals surface area (Å²) in [6.45, 7) is 4.46. The average Bonchev–Trinajstić information content (AvgIpc) is 2.79. The number of hydrogen-bond donors (Lipinski definition) is 0. The smallest absolute Gasteiger partial charge is 0.170 e. The summed E-state index contributed by atoms with van der Waals surface area (Å²) in [5, 5.41) is 0. The van der Waals surface area contributed by atoms with Crippen molar-refractivity contribution in [1.29, 1.82) is 0 Å². The molecule has 31 heavy (non-hydrogen) atoms. The Morgan fingerprint density at radius 1 is 0.516 bits per heavy atom. The summed E-state index contributed by atoms with van der Waals surface area (Å²) in [5.41, 5.74) is 3.80. The zero-order valence-corrected chi connectivity index (χ0v) is 19.6. The van der Waals surface area contributed by atoms with Crippen molar-refractivity contribution in [3.8, 4) is 0 Å². The third-order valence-electron chi connectivity index (χ3n) is 6.01. The van der Waals surface area contributed by atoms with Crippen LogP contribution in [0.25, 0.3) is 0 Å². The molecular weight excluding hydrogens is 380 g/mol. The Bertz CT molecular complexity index is 704. The first-order valence-electron chi connectivity index (χ1n) is 12.4. The van der Waals surface area contributed by atoms with Crippen LogP contribution in [0.15, 0.2) is 48.5 Å². The van der Waals surface area contributed by atoms with E-state index in [1.165, 1.54) is 75.3 Å². The fraction of sp³-hybridized carbons (Fsp3) is 0.517. The summed E-state index contributed by atoms with van der Waals surface area (Å²) in [6.07, 6.45) is 14.7. The van der Waals surface area contributed by atoms with E-state index in [2.05, 4.69) is 13.8 Å². The van der Waals surface area contributed by atoms with E-state index >= 15 is 0 Å². The number of rotatable bonds is 16. The predicted octanol–water partition coefficient (Wildman–Crippen LogP) is 8.17. The van der Waals surface area contributed by atoms with Gasteiger partial charge >= 0.3 is 0 Å². The maximum absolute atomic E-state index is 12.5. The topological polar surface area (TPSA) is 34.1 Å². The highest BCUT2D eigenvalue weighted by atomic mass is 16.1. The molecule has 0 heterocycles. The van der Waals surface area contributed by atoms with E-state index in [0.29, 0.717) is 11.1 Å². The Kier molecular flexibility index (Phi) is 11.9. The monoisotopic (exact) mass is 420 g/mol. The van der Waals surface area contributed by atoms with Gasteiger partial charge in [0.1, 0.15) is 0 Å². The van der Waals surface area contributed by atoms with Gasteiger partial charge in [-0.1, -0.05) is 114 Å². The average molecular weight is 421 g/mol. The number of ketones is 2. The zero-order chi connectivity index (χ0) is 22.3. The van der Waals surface area contributed by atoms with Crippen LogP contribution < -0.4 is 0 Å². The lowest BCUT2D eigenvalue weighted by atomic mass is 9.98. The molecule has 0 radical (unpaired) electrons. The molecule has 0 unspecified atom stereocenters. The van der Waals surface area contributed by atoms with Gasteiger partial charge in [-0.25, -0.2) is 0 Å². The Morgan fingerprint density at radius 2 is 0.871 bits per heavy atom. The first-order valence-corrected chi connectivity index (χ1v) is 12.4.